The molecule has 52 heavy (non-hydrogen) atoms. The summed E-state index contributed by atoms with van der Waals surface area (Å²) in [6.45, 7) is 4.77. The van der Waals surface area contributed by atoms with Crippen LogP contribution < -0.4 is 0 Å². The average molecular weight is 664 g/mol. The van der Waals surface area contributed by atoms with E-state index in [-0.39, 0.29) is 5.41 Å². The Morgan fingerprint density at radius 2 is 0.692 bits per heavy atom. The van der Waals surface area contributed by atoms with Crippen LogP contribution in [0, 0.1) is 0 Å². The van der Waals surface area contributed by atoms with Crippen LogP contribution >= 0.6 is 0 Å². The first-order valence-electron chi connectivity index (χ1n) is 18.2. The molecule has 0 amide bonds. The lowest BCUT2D eigenvalue weighted by molar-refractivity contribution is 0.660. The maximum Gasteiger partial charge on any atom is 0.0541 e. The summed E-state index contributed by atoms with van der Waals surface area (Å²) in [5.74, 6) is 0. The lowest BCUT2D eigenvalue weighted by Gasteiger charge is -2.23. The van der Waals surface area contributed by atoms with Crippen molar-refractivity contribution < 1.29 is 0 Å². The SMILES string of the molecule is CC1(C)c2cc(-c3ccc(-c4ccccc4)cc3)ccc2-c2ccc(-n3c4ccc(-c5ccccc5)cc4c4cc(-c5ccccc5)ccc43)cc21. The van der Waals surface area contributed by atoms with Gasteiger partial charge in [0.05, 0.1) is 11.0 Å². The highest BCUT2D eigenvalue weighted by molar-refractivity contribution is 6.11. The smallest absolute Gasteiger partial charge is 0.0541 e. The minimum absolute atomic E-state index is 0.152. The van der Waals surface area contributed by atoms with Crippen LogP contribution in [0.25, 0.3) is 83.1 Å². The third-order valence-corrected chi connectivity index (χ3v) is 11.2. The molecule has 0 atom stereocenters. The van der Waals surface area contributed by atoms with Crippen LogP contribution in [0.15, 0.2) is 188 Å². The van der Waals surface area contributed by atoms with Crippen molar-refractivity contribution in [1.29, 1.82) is 0 Å². The molecule has 0 radical (unpaired) electrons. The van der Waals surface area contributed by atoms with Gasteiger partial charge in [0.2, 0.25) is 0 Å². The molecule has 1 heterocycles. The number of hydrogen-bond donors (Lipinski definition) is 0. The fourth-order valence-corrected chi connectivity index (χ4v) is 8.45. The van der Waals surface area contributed by atoms with Crippen LogP contribution in [0.5, 0.6) is 0 Å². The van der Waals surface area contributed by atoms with E-state index in [0.717, 1.165) is 0 Å². The van der Waals surface area contributed by atoms with Crippen molar-refractivity contribution in [3.8, 4) is 61.3 Å². The number of benzene rings is 8. The van der Waals surface area contributed by atoms with E-state index in [1.807, 2.05) is 0 Å². The highest BCUT2D eigenvalue weighted by Crippen LogP contribution is 2.51. The van der Waals surface area contributed by atoms with Gasteiger partial charge in [-0.15, -0.1) is 0 Å². The zero-order valence-corrected chi connectivity index (χ0v) is 29.3. The Morgan fingerprint density at radius 1 is 0.327 bits per heavy atom. The Bertz CT molecular complexity index is 2670. The largest absolute Gasteiger partial charge is 0.309 e. The van der Waals surface area contributed by atoms with Crippen molar-refractivity contribution in [2.24, 2.45) is 0 Å². The molecule has 0 spiro atoms. The predicted molar refractivity (Wildman–Crippen MR) is 220 cm³/mol. The third-order valence-electron chi connectivity index (χ3n) is 11.2. The second-order valence-electron chi connectivity index (χ2n) is 14.6. The molecule has 0 saturated carbocycles. The van der Waals surface area contributed by atoms with E-state index in [1.54, 1.807) is 0 Å². The molecule has 1 aliphatic carbocycles. The summed E-state index contributed by atoms with van der Waals surface area (Å²) in [6.07, 6.45) is 0. The molecular weight excluding hydrogens is 627 g/mol. The first kappa shape index (κ1) is 30.4. The Labute approximate surface area is 305 Å². The average Bonchev–Trinajstić information content (AvgIpc) is 3.65. The second-order valence-corrected chi connectivity index (χ2v) is 14.6. The van der Waals surface area contributed by atoms with E-state index >= 15 is 0 Å². The number of nitrogens with zero attached hydrogens (tertiary/aromatic N) is 1. The molecule has 246 valence electrons. The van der Waals surface area contributed by atoms with Crippen LogP contribution in [-0.2, 0) is 5.41 Å². The molecule has 0 unspecified atom stereocenters. The van der Waals surface area contributed by atoms with Crippen molar-refractivity contribution in [2.75, 3.05) is 0 Å². The van der Waals surface area contributed by atoms with Gasteiger partial charge in [-0.1, -0.05) is 159 Å². The summed E-state index contributed by atoms with van der Waals surface area (Å²) >= 11 is 0. The van der Waals surface area contributed by atoms with Gasteiger partial charge < -0.3 is 4.57 Å². The highest BCUT2D eigenvalue weighted by atomic mass is 15.0. The molecule has 0 N–H and O–H groups in total. The summed E-state index contributed by atoms with van der Waals surface area (Å²) in [5.41, 5.74) is 18.8. The van der Waals surface area contributed by atoms with Gasteiger partial charge in [-0.2, -0.15) is 0 Å². The summed E-state index contributed by atoms with van der Waals surface area (Å²) in [6, 6.07) is 69.0. The standard InChI is InChI=1S/C51H37N/c1-51(2)47-32-41(38-20-18-37(19-21-38)34-12-6-3-7-13-34)22-26-43(47)44-27-25-42(33-48(44)51)52-49-28-23-39(35-14-8-4-9-15-35)30-45(49)46-31-40(24-29-50(46)52)36-16-10-5-11-17-36/h3-33H,1-2H3. The van der Waals surface area contributed by atoms with E-state index in [4.69, 9.17) is 0 Å². The lowest BCUT2D eigenvalue weighted by atomic mass is 9.81. The minimum Gasteiger partial charge on any atom is -0.309 e. The van der Waals surface area contributed by atoms with E-state index < -0.39 is 0 Å². The normalized spacial score (nSPS) is 13.0. The Hall–Kier alpha value is -6.44. The molecular formula is C51H37N. The monoisotopic (exact) mass is 663 g/mol. The highest BCUT2D eigenvalue weighted by Gasteiger charge is 2.36. The van der Waals surface area contributed by atoms with Crippen LogP contribution in [0.3, 0.4) is 0 Å². The van der Waals surface area contributed by atoms with Gasteiger partial charge >= 0.3 is 0 Å². The van der Waals surface area contributed by atoms with E-state index in [1.165, 1.54) is 94.3 Å². The second kappa shape index (κ2) is 11.8. The maximum atomic E-state index is 2.47. The molecule has 8 aromatic carbocycles. The Morgan fingerprint density at radius 3 is 1.21 bits per heavy atom. The van der Waals surface area contributed by atoms with E-state index in [0.29, 0.717) is 0 Å². The Balaban J connectivity index is 1.09. The Kier molecular flexibility index (Phi) is 6.91. The molecule has 1 heteroatoms. The van der Waals surface area contributed by atoms with Gasteiger partial charge in [0, 0.05) is 21.9 Å². The van der Waals surface area contributed by atoms with E-state index in [2.05, 4.69) is 206 Å². The summed E-state index contributed by atoms with van der Waals surface area (Å²) < 4.78 is 2.47. The van der Waals surface area contributed by atoms with Crippen molar-refractivity contribution in [1.82, 2.24) is 4.57 Å². The van der Waals surface area contributed by atoms with Gasteiger partial charge in [0.25, 0.3) is 0 Å². The van der Waals surface area contributed by atoms with Gasteiger partial charge in [-0.3, -0.25) is 0 Å². The van der Waals surface area contributed by atoms with Gasteiger partial charge in [0.1, 0.15) is 0 Å². The zero-order valence-electron chi connectivity index (χ0n) is 29.3. The van der Waals surface area contributed by atoms with Crippen LogP contribution in [0.4, 0.5) is 0 Å². The van der Waals surface area contributed by atoms with Crippen molar-refractivity contribution in [3.63, 3.8) is 0 Å². The molecule has 1 aromatic heterocycles. The summed E-state index contributed by atoms with van der Waals surface area (Å²) in [7, 11) is 0. The van der Waals surface area contributed by atoms with Gasteiger partial charge in [0.15, 0.2) is 0 Å². The lowest BCUT2D eigenvalue weighted by Crippen LogP contribution is -2.15. The summed E-state index contributed by atoms with van der Waals surface area (Å²) in [4.78, 5) is 0. The fourth-order valence-electron chi connectivity index (χ4n) is 8.45. The van der Waals surface area contributed by atoms with Crippen LogP contribution in [0.1, 0.15) is 25.0 Å². The molecule has 0 aliphatic heterocycles. The predicted octanol–water partition coefficient (Wildman–Crippen LogP) is 13.8. The fraction of sp³-hybridized carbons (Fsp3) is 0.0588. The van der Waals surface area contributed by atoms with Crippen LogP contribution in [-0.4, -0.2) is 4.57 Å². The first-order chi connectivity index (χ1) is 25.5. The van der Waals surface area contributed by atoms with Gasteiger partial charge in [-0.05, 0) is 109 Å². The molecule has 9 aromatic rings. The number of hydrogen-bond acceptors (Lipinski definition) is 0. The molecule has 1 nitrogen and oxygen atoms in total. The molecule has 0 saturated heterocycles. The van der Waals surface area contributed by atoms with Gasteiger partial charge in [-0.25, -0.2) is 0 Å². The third kappa shape index (κ3) is 4.85. The minimum atomic E-state index is -0.152. The number of rotatable bonds is 5. The molecule has 1 aliphatic rings. The quantitative estimate of drug-likeness (QED) is 0.173. The molecule has 0 fully saturated rings. The number of aromatic nitrogens is 1. The number of fused-ring (bicyclic) bond motifs is 6. The summed E-state index contributed by atoms with van der Waals surface area (Å²) in [5, 5.41) is 2.53. The first-order valence-corrected chi connectivity index (χ1v) is 18.2. The molecule has 10 rings (SSSR count). The topological polar surface area (TPSA) is 4.93 Å². The van der Waals surface area contributed by atoms with Crippen molar-refractivity contribution >= 4 is 21.8 Å². The molecule has 0 bridgehead atoms. The maximum absolute atomic E-state index is 2.47. The van der Waals surface area contributed by atoms with Crippen LogP contribution in [0.2, 0.25) is 0 Å². The zero-order chi connectivity index (χ0) is 34.8. The van der Waals surface area contributed by atoms with Crippen molar-refractivity contribution in [3.05, 3.63) is 199 Å². The van der Waals surface area contributed by atoms with E-state index in [9.17, 15) is 0 Å². The van der Waals surface area contributed by atoms with Crippen molar-refractivity contribution in [2.45, 2.75) is 19.3 Å².